The van der Waals surface area contributed by atoms with Crippen LogP contribution in [0.3, 0.4) is 0 Å². The van der Waals surface area contributed by atoms with Gasteiger partial charge in [0.1, 0.15) is 11.0 Å². The number of aromatic nitrogens is 2. The van der Waals surface area contributed by atoms with Gasteiger partial charge in [-0.15, -0.1) is 0 Å². The van der Waals surface area contributed by atoms with Crippen LogP contribution in [0.15, 0.2) is 47.5 Å². The summed E-state index contributed by atoms with van der Waals surface area (Å²) in [6.07, 6.45) is -0.267. The molecule has 0 radical (unpaired) electrons. The highest BCUT2D eigenvalue weighted by atomic mass is 16.7. The normalized spacial score (nSPS) is 18.4. The van der Waals surface area contributed by atoms with Crippen LogP contribution >= 0.6 is 0 Å². The summed E-state index contributed by atoms with van der Waals surface area (Å²) in [6, 6.07) is 13.9. The highest BCUT2D eigenvalue weighted by Gasteiger charge is 2.31. The van der Waals surface area contributed by atoms with Gasteiger partial charge in [-0.2, -0.15) is 4.99 Å². The van der Waals surface area contributed by atoms with E-state index in [1.807, 2.05) is 42.5 Å². The van der Waals surface area contributed by atoms with E-state index in [0.29, 0.717) is 5.96 Å². The van der Waals surface area contributed by atoms with Crippen molar-refractivity contribution in [1.29, 1.82) is 0 Å². The summed E-state index contributed by atoms with van der Waals surface area (Å²) < 4.78 is 12.9. The highest BCUT2D eigenvalue weighted by molar-refractivity contribution is 5.92. The number of guanidine groups is 1. The summed E-state index contributed by atoms with van der Waals surface area (Å²) >= 11 is 0. The molecule has 4 N–H and O–H groups in total. The van der Waals surface area contributed by atoms with Crippen LogP contribution in [0, 0.1) is 0 Å². The molecule has 0 aliphatic carbocycles. The number of ether oxygens (including phenoxy) is 2. The SMILES string of the molecule is NC1=N[C@@H](c2ccc3c(c2)OCO3)[n+]2c([nH]c3ccccc32)N1. The number of benzene rings is 2. The Labute approximate surface area is 131 Å². The van der Waals surface area contributed by atoms with E-state index in [0.717, 1.165) is 34.0 Å². The van der Waals surface area contributed by atoms with Crippen molar-refractivity contribution in [1.82, 2.24) is 4.98 Å². The van der Waals surface area contributed by atoms with Crippen LogP contribution in [0.2, 0.25) is 0 Å². The predicted octanol–water partition coefficient (Wildman–Crippen LogP) is 1.47. The molecule has 0 unspecified atom stereocenters. The fourth-order valence-electron chi connectivity index (χ4n) is 3.08. The molecule has 3 aromatic rings. The zero-order chi connectivity index (χ0) is 15.4. The number of hydrogen-bond acceptors (Lipinski definition) is 5. The summed E-state index contributed by atoms with van der Waals surface area (Å²) in [7, 11) is 0. The average Bonchev–Trinajstić information content (AvgIpc) is 3.17. The van der Waals surface area contributed by atoms with E-state index in [-0.39, 0.29) is 13.0 Å². The van der Waals surface area contributed by atoms with Crippen molar-refractivity contribution in [3.05, 3.63) is 48.0 Å². The van der Waals surface area contributed by atoms with Crippen LogP contribution in [0.25, 0.3) is 11.0 Å². The highest BCUT2D eigenvalue weighted by Crippen LogP contribution is 2.35. The first-order valence-corrected chi connectivity index (χ1v) is 7.32. The summed E-state index contributed by atoms with van der Waals surface area (Å²) in [5.41, 5.74) is 9.01. The third-order valence-corrected chi connectivity index (χ3v) is 4.10. The maximum atomic E-state index is 5.96. The van der Waals surface area contributed by atoms with Crippen molar-refractivity contribution < 1.29 is 14.0 Å². The minimum absolute atomic E-state index is 0.252. The van der Waals surface area contributed by atoms with E-state index < -0.39 is 0 Å². The number of aromatic amines is 1. The molecule has 7 nitrogen and oxygen atoms in total. The first-order valence-electron chi connectivity index (χ1n) is 7.32. The Kier molecular flexibility index (Phi) is 2.35. The molecule has 0 amide bonds. The molecule has 0 fully saturated rings. The number of nitrogens with two attached hydrogens (primary N) is 1. The van der Waals surface area contributed by atoms with Crippen molar-refractivity contribution in [2.75, 3.05) is 12.1 Å². The minimum atomic E-state index is -0.267. The lowest BCUT2D eigenvalue weighted by Crippen LogP contribution is -2.48. The van der Waals surface area contributed by atoms with Crippen molar-refractivity contribution in [2.24, 2.45) is 10.7 Å². The van der Waals surface area contributed by atoms with Gasteiger partial charge in [0.15, 0.2) is 11.5 Å². The molecule has 0 saturated carbocycles. The number of anilines is 1. The number of aliphatic imine (C=N–C) groups is 1. The van der Waals surface area contributed by atoms with Gasteiger partial charge >= 0.3 is 5.95 Å². The van der Waals surface area contributed by atoms with Gasteiger partial charge in [-0.3, -0.25) is 0 Å². The molecule has 23 heavy (non-hydrogen) atoms. The second kappa shape index (κ2) is 4.39. The molecule has 2 aliphatic heterocycles. The molecule has 0 bridgehead atoms. The Hall–Kier alpha value is -3.22. The van der Waals surface area contributed by atoms with E-state index in [9.17, 15) is 0 Å². The Morgan fingerprint density at radius 3 is 2.96 bits per heavy atom. The Morgan fingerprint density at radius 2 is 2.00 bits per heavy atom. The fourth-order valence-corrected chi connectivity index (χ4v) is 3.08. The number of H-pyrrole nitrogens is 1. The van der Waals surface area contributed by atoms with Crippen LogP contribution in [0.4, 0.5) is 5.95 Å². The lowest BCUT2D eigenvalue weighted by Gasteiger charge is -2.18. The Balaban J connectivity index is 1.72. The van der Waals surface area contributed by atoms with Gasteiger partial charge in [0, 0.05) is 5.56 Å². The van der Waals surface area contributed by atoms with Crippen molar-refractivity contribution in [3.63, 3.8) is 0 Å². The fraction of sp³-hybridized carbons (Fsp3) is 0.125. The number of nitrogens with one attached hydrogen (secondary N) is 2. The van der Waals surface area contributed by atoms with Gasteiger partial charge in [0.2, 0.25) is 13.0 Å². The summed E-state index contributed by atoms with van der Waals surface area (Å²) in [5, 5.41) is 3.08. The van der Waals surface area contributed by atoms with Gasteiger partial charge in [-0.05, 0) is 30.3 Å². The van der Waals surface area contributed by atoms with E-state index in [1.165, 1.54) is 0 Å². The van der Waals surface area contributed by atoms with Crippen molar-refractivity contribution in [3.8, 4) is 11.5 Å². The monoisotopic (exact) mass is 308 g/mol. The van der Waals surface area contributed by atoms with Crippen LogP contribution in [-0.4, -0.2) is 17.7 Å². The third kappa shape index (κ3) is 1.76. The molecule has 2 aliphatic rings. The van der Waals surface area contributed by atoms with E-state index in [2.05, 4.69) is 19.9 Å². The van der Waals surface area contributed by atoms with E-state index >= 15 is 0 Å². The largest absolute Gasteiger partial charge is 0.454 e. The number of para-hydroxylation sites is 2. The van der Waals surface area contributed by atoms with Crippen molar-refractivity contribution in [2.45, 2.75) is 6.17 Å². The average molecular weight is 308 g/mol. The molecular weight excluding hydrogens is 294 g/mol. The number of rotatable bonds is 1. The van der Waals surface area contributed by atoms with Gasteiger partial charge in [-0.1, -0.05) is 12.1 Å². The smallest absolute Gasteiger partial charge is 0.365 e. The van der Waals surface area contributed by atoms with Gasteiger partial charge in [0.25, 0.3) is 5.96 Å². The number of nitrogens with zero attached hydrogens (tertiary/aromatic N) is 2. The Morgan fingerprint density at radius 1 is 1.13 bits per heavy atom. The zero-order valence-corrected chi connectivity index (χ0v) is 12.1. The zero-order valence-electron chi connectivity index (χ0n) is 12.1. The summed E-state index contributed by atoms with van der Waals surface area (Å²) in [4.78, 5) is 7.91. The second-order valence-corrected chi connectivity index (χ2v) is 5.49. The summed E-state index contributed by atoms with van der Waals surface area (Å²) in [5.74, 6) is 2.67. The minimum Gasteiger partial charge on any atom is -0.454 e. The molecular formula is C16H14N5O2+. The van der Waals surface area contributed by atoms with Gasteiger partial charge in [-0.25, -0.2) is 14.9 Å². The molecule has 7 heteroatoms. The second-order valence-electron chi connectivity index (χ2n) is 5.49. The molecule has 114 valence electrons. The maximum absolute atomic E-state index is 5.96. The van der Waals surface area contributed by atoms with Crippen LogP contribution in [0.5, 0.6) is 11.5 Å². The first kappa shape index (κ1) is 12.3. The maximum Gasteiger partial charge on any atom is 0.365 e. The number of hydrogen-bond donors (Lipinski definition) is 3. The van der Waals surface area contributed by atoms with Gasteiger partial charge in [0.05, 0.1) is 0 Å². The standard InChI is InChI=1S/C16H13N5O2/c17-15-19-14(9-5-6-12-13(7-9)23-8-22-12)21-11-4-2-1-3-10(11)18-16(21)20-15/h1-7,14H,8H2,(H3,17,18,19,20)/p+1/t14-/m1/s1. The van der Waals surface area contributed by atoms with E-state index in [4.69, 9.17) is 15.2 Å². The molecule has 3 heterocycles. The molecule has 1 aromatic heterocycles. The first-order chi connectivity index (χ1) is 11.3. The van der Waals surface area contributed by atoms with Gasteiger partial charge < -0.3 is 15.2 Å². The molecule has 0 saturated heterocycles. The lowest BCUT2D eigenvalue weighted by molar-refractivity contribution is -0.674. The van der Waals surface area contributed by atoms with Crippen LogP contribution in [0.1, 0.15) is 11.7 Å². The number of imidazole rings is 1. The Bertz CT molecular complexity index is 962. The van der Waals surface area contributed by atoms with E-state index in [1.54, 1.807) is 0 Å². The van der Waals surface area contributed by atoms with Crippen LogP contribution < -0.4 is 25.1 Å². The molecule has 5 rings (SSSR count). The quantitative estimate of drug-likeness (QED) is 0.594. The summed E-state index contributed by atoms with van der Waals surface area (Å²) in [6.45, 7) is 0.252. The van der Waals surface area contributed by atoms with Crippen molar-refractivity contribution >= 4 is 22.9 Å². The topological polar surface area (TPSA) is 88.5 Å². The third-order valence-electron chi connectivity index (χ3n) is 4.10. The molecule has 0 spiro atoms. The van der Waals surface area contributed by atoms with Crippen LogP contribution in [-0.2, 0) is 0 Å². The lowest BCUT2D eigenvalue weighted by atomic mass is 10.1. The molecule has 2 aromatic carbocycles. The molecule has 1 atom stereocenters. The number of fused-ring (bicyclic) bond motifs is 4. The predicted molar refractivity (Wildman–Crippen MR) is 84.4 cm³/mol.